The van der Waals surface area contributed by atoms with Crippen molar-refractivity contribution in [2.45, 2.75) is 33.3 Å². The molecule has 0 atom stereocenters. The molecule has 0 unspecified atom stereocenters. The first-order valence-corrected chi connectivity index (χ1v) is 14.3. The summed E-state index contributed by atoms with van der Waals surface area (Å²) < 4.78 is 10.9. The van der Waals surface area contributed by atoms with Gasteiger partial charge in [0, 0.05) is 17.0 Å². The van der Waals surface area contributed by atoms with Crippen molar-refractivity contribution in [3.8, 4) is 5.75 Å². The van der Waals surface area contributed by atoms with Gasteiger partial charge in [-0.1, -0.05) is 12.1 Å². The Bertz CT molecular complexity index is 1640. The first-order valence-electron chi connectivity index (χ1n) is 12.5. The van der Waals surface area contributed by atoms with E-state index in [9.17, 15) is 9.79 Å². The first-order chi connectivity index (χ1) is 18.2. The number of fused-ring (bicyclic) bond motifs is 3. The molecule has 3 aromatic carbocycles. The first kappa shape index (κ1) is 26.0. The van der Waals surface area contributed by atoms with Crippen LogP contribution in [0.2, 0.25) is 0 Å². The molecule has 5 aromatic rings. The van der Waals surface area contributed by atoms with E-state index in [1.807, 2.05) is 31.3 Å². The number of benzene rings is 3. The molecule has 2 aromatic heterocycles. The van der Waals surface area contributed by atoms with Crippen LogP contribution in [0.5, 0.6) is 5.75 Å². The van der Waals surface area contributed by atoms with Crippen LogP contribution in [0.4, 0.5) is 5.82 Å². The third kappa shape index (κ3) is 5.47. The van der Waals surface area contributed by atoms with Crippen molar-refractivity contribution in [1.29, 1.82) is 0 Å². The zero-order valence-electron chi connectivity index (χ0n) is 21.7. The Labute approximate surface area is 222 Å². The molecule has 0 aliphatic heterocycles. The fourth-order valence-electron chi connectivity index (χ4n) is 4.66. The van der Waals surface area contributed by atoms with E-state index < -0.39 is 7.94 Å². The number of nitrogens with two attached hydrogens (primary N) is 1. The summed E-state index contributed by atoms with van der Waals surface area (Å²) in [6, 6.07) is 21.5. The minimum absolute atomic E-state index is 0.315. The number of hydrogen-bond acceptors (Lipinski definition) is 7. The Morgan fingerprint density at radius 2 is 1.74 bits per heavy atom. The summed E-state index contributed by atoms with van der Waals surface area (Å²) >= 11 is 0. The van der Waals surface area contributed by atoms with Gasteiger partial charge in [-0.3, -0.25) is 4.98 Å². The Morgan fingerprint density at radius 1 is 0.895 bits per heavy atom. The summed E-state index contributed by atoms with van der Waals surface area (Å²) in [7, 11) is -2.55. The van der Waals surface area contributed by atoms with Crippen LogP contribution in [-0.2, 0) is 24.0 Å². The van der Waals surface area contributed by atoms with Crippen molar-refractivity contribution in [1.82, 2.24) is 9.97 Å². The number of hydrogen-bond donors (Lipinski definition) is 3. The predicted octanol–water partition coefficient (Wildman–Crippen LogP) is 5.10. The number of nitrogens with zero attached hydrogens (tertiary/aromatic N) is 2. The van der Waals surface area contributed by atoms with E-state index in [1.165, 1.54) is 12.7 Å². The fraction of sp³-hybridized carbons (Fsp3) is 0.200. The normalized spacial score (nSPS) is 12.2. The molecule has 38 heavy (non-hydrogen) atoms. The molecule has 0 aliphatic rings. The topological polar surface area (TPSA) is 111 Å². The van der Waals surface area contributed by atoms with Crippen LogP contribution in [0.1, 0.15) is 27.8 Å². The van der Waals surface area contributed by atoms with E-state index in [2.05, 4.69) is 47.2 Å². The van der Waals surface area contributed by atoms with E-state index in [1.54, 1.807) is 18.2 Å². The van der Waals surface area contributed by atoms with Gasteiger partial charge in [0.2, 0.25) is 0 Å². The van der Waals surface area contributed by atoms with E-state index in [0.717, 1.165) is 62.7 Å². The van der Waals surface area contributed by atoms with Crippen molar-refractivity contribution in [2.75, 3.05) is 12.8 Å². The van der Waals surface area contributed by atoms with E-state index in [4.69, 9.17) is 15.0 Å². The molecular weight excluding hydrogens is 497 g/mol. The second-order valence-corrected chi connectivity index (χ2v) is 11.8. The van der Waals surface area contributed by atoms with Crippen LogP contribution in [0.15, 0.2) is 72.9 Å². The van der Waals surface area contributed by atoms with Crippen molar-refractivity contribution in [3.63, 3.8) is 0 Å². The summed E-state index contributed by atoms with van der Waals surface area (Å²) in [6.45, 7) is 4.45. The molecule has 0 saturated carbocycles. The van der Waals surface area contributed by atoms with Gasteiger partial charge in [-0.2, -0.15) is 0 Å². The quantitative estimate of drug-likeness (QED) is 0.190. The van der Waals surface area contributed by atoms with Gasteiger partial charge in [-0.25, -0.2) is 4.98 Å². The van der Waals surface area contributed by atoms with E-state index >= 15 is 0 Å². The van der Waals surface area contributed by atoms with Crippen LogP contribution < -0.4 is 15.8 Å². The zero-order valence-corrected chi connectivity index (χ0v) is 22.7. The number of ether oxygens (including phenoxy) is 1. The summed E-state index contributed by atoms with van der Waals surface area (Å²) in [5.74, 6) is 1.22. The molecule has 0 radical (unpaired) electrons. The fourth-order valence-corrected chi connectivity index (χ4v) is 5.59. The number of rotatable bonds is 8. The van der Waals surface area contributed by atoms with Gasteiger partial charge >= 0.3 is 136 Å². The molecule has 0 bridgehead atoms. The molecule has 8 heteroatoms. The van der Waals surface area contributed by atoms with Gasteiger partial charge in [0.1, 0.15) is 5.52 Å². The van der Waals surface area contributed by atoms with E-state index in [-0.39, 0.29) is 0 Å². The molecule has 2 heterocycles. The Kier molecular flexibility index (Phi) is 7.28. The Balaban J connectivity index is 1.28. The number of pyridine rings is 2. The van der Waals surface area contributed by atoms with Crippen LogP contribution in [0.3, 0.4) is 0 Å². The summed E-state index contributed by atoms with van der Waals surface area (Å²) in [5.41, 5.74) is 13.4. The molecule has 0 saturated heterocycles. The zero-order chi connectivity index (χ0) is 26.9. The minimum atomic E-state index is -3.85. The van der Waals surface area contributed by atoms with Gasteiger partial charge in [-0.05, 0) is 24.6 Å². The molecule has 4 N–H and O–H groups in total. The SMILES string of the molecule is CO[PH](O)(O)c1cccc(COc2ccc(CCc3cnc4c(N)nc5cc(C)ccc5c4c3)c(C)c2)c1. The second-order valence-electron chi connectivity index (χ2n) is 9.65. The summed E-state index contributed by atoms with van der Waals surface area (Å²) in [5, 5.41) is 2.48. The van der Waals surface area contributed by atoms with Crippen molar-refractivity contribution >= 4 is 40.9 Å². The molecule has 5 rings (SSSR count). The van der Waals surface area contributed by atoms with Crippen molar-refractivity contribution in [3.05, 3.63) is 101 Å². The molecular formula is C30H32N3O4P. The molecule has 0 spiro atoms. The third-order valence-corrected chi connectivity index (χ3v) is 8.49. The maximum atomic E-state index is 10.0. The number of nitrogen functional groups attached to an aromatic ring is 1. The standard InChI is InChI=1S/C30H32N3O4P/c1-19-7-12-26-27-16-21(17-32-29(27)30(31)33-28(26)13-19)8-9-23-10-11-24(14-20(23)2)37-18-22-5-4-6-25(15-22)38(34,35)36-3/h4-7,10-17,34-35,38H,8-9,18H2,1-3H3,(H2,31,33). The van der Waals surface area contributed by atoms with Gasteiger partial charge in [0.15, 0.2) is 5.82 Å². The number of aromatic nitrogens is 2. The predicted molar refractivity (Wildman–Crippen MR) is 155 cm³/mol. The number of anilines is 1. The molecule has 0 aliphatic carbocycles. The molecule has 0 amide bonds. The summed E-state index contributed by atoms with van der Waals surface area (Å²) in [6.07, 6.45) is 3.61. The second kappa shape index (κ2) is 10.6. The van der Waals surface area contributed by atoms with Gasteiger partial charge in [-0.15, -0.1) is 0 Å². The van der Waals surface area contributed by atoms with Crippen LogP contribution in [0, 0.1) is 13.8 Å². The van der Waals surface area contributed by atoms with Gasteiger partial charge < -0.3 is 5.73 Å². The Hall–Kier alpha value is -3.61. The average Bonchev–Trinajstić information content (AvgIpc) is 2.91. The van der Waals surface area contributed by atoms with Crippen LogP contribution in [-0.4, -0.2) is 26.9 Å². The summed E-state index contributed by atoms with van der Waals surface area (Å²) in [4.78, 5) is 29.3. The molecule has 0 fully saturated rings. The van der Waals surface area contributed by atoms with Gasteiger partial charge in [0.05, 0.1) is 5.52 Å². The monoisotopic (exact) mass is 529 g/mol. The van der Waals surface area contributed by atoms with Crippen LogP contribution in [0.25, 0.3) is 21.8 Å². The van der Waals surface area contributed by atoms with Gasteiger partial charge in [0.25, 0.3) is 0 Å². The average molecular weight is 530 g/mol. The van der Waals surface area contributed by atoms with Crippen molar-refractivity contribution < 1.29 is 19.0 Å². The van der Waals surface area contributed by atoms with E-state index in [0.29, 0.717) is 17.7 Å². The third-order valence-electron chi connectivity index (χ3n) is 6.86. The Morgan fingerprint density at radius 3 is 2.53 bits per heavy atom. The molecule has 7 nitrogen and oxygen atoms in total. The maximum absolute atomic E-state index is 10.0. The van der Waals surface area contributed by atoms with Crippen molar-refractivity contribution in [2.24, 2.45) is 0 Å². The van der Waals surface area contributed by atoms with Crippen LogP contribution >= 0.6 is 7.94 Å². The number of aryl methyl sites for hydroxylation is 4. The molecule has 196 valence electrons.